The van der Waals surface area contributed by atoms with E-state index in [9.17, 15) is 13.2 Å². The SMILES string of the molecule is COc1ccccc1CN1C=C(C(=O)NC(C)CC(C)C)C(C)=NS1(=O)=O. The van der Waals surface area contributed by atoms with Crippen LogP contribution in [0.25, 0.3) is 0 Å². The van der Waals surface area contributed by atoms with Gasteiger partial charge in [0.2, 0.25) is 0 Å². The fourth-order valence-corrected chi connectivity index (χ4v) is 4.09. The van der Waals surface area contributed by atoms with E-state index in [-0.39, 0.29) is 29.8 Å². The lowest BCUT2D eigenvalue weighted by Gasteiger charge is -2.25. The summed E-state index contributed by atoms with van der Waals surface area (Å²) in [6, 6.07) is 7.12. The quantitative estimate of drug-likeness (QED) is 0.771. The third kappa shape index (κ3) is 5.32. The number of hydrogen-bond donors (Lipinski definition) is 1. The average molecular weight is 394 g/mol. The molecule has 0 saturated heterocycles. The molecule has 0 aromatic heterocycles. The maximum atomic E-state index is 12.6. The Hall–Kier alpha value is -2.35. The molecule has 27 heavy (non-hydrogen) atoms. The summed E-state index contributed by atoms with van der Waals surface area (Å²) < 4.78 is 35.0. The Bertz CT molecular complexity index is 859. The van der Waals surface area contributed by atoms with Crippen molar-refractivity contribution in [3.8, 4) is 5.75 Å². The molecule has 0 bridgehead atoms. The Balaban J connectivity index is 2.27. The molecular formula is C19H27N3O4S. The molecule has 2 rings (SSSR count). The van der Waals surface area contributed by atoms with Crippen molar-refractivity contribution in [1.82, 2.24) is 9.62 Å². The lowest BCUT2D eigenvalue weighted by Crippen LogP contribution is -2.39. The van der Waals surface area contributed by atoms with E-state index in [1.165, 1.54) is 20.2 Å². The maximum Gasteiger partial charge on any atom is 0.344 e. The van der Waals surface area contributed by atoms with Crippen LogP contribution in [0.1, 0.15) is 39.7 Å². The second-order valence-corrected chi connectivity index (χ2v) is 8.61. The molecule has 1 amide bonds. The van der Waals surface area contributed by atoms with Gasteiger partial charge in [-0.3, -0.25) is 9.10 Å². The van der Waals surface area contributed by atoms with Crippen LogP contribution in [0.15, 0.2) is 40.4 Å². The Morgan fingerprint density at radius 2 is 1.93 bits per heavy atom. The van der Waals surface area contributed by atoms with Gasteiger partial charge >= 0.3 is 10.2 Å². The van der Waals surface area contributed by atoms with E-state index in [0.717, 1.165) is 10.7 Å². The molecular weight excluding hydrogens is 366 g/mol. The molecule has 148 valence electrons. The van der Waals surface area contributed by atoms with Gasteiger partial charge in [0.25, 0.3) is 5.91 Å². The molecule has 0 saturated carbocycles. The highest BCUT2D eigenvalue weighted by Gasteiger charge is 2.29. The van der Waals surface area contributed by atoms with Crippen molar-refractivity contribution >= 4 is 21.8 Å². The topological polar surface area (TPSA) is 88.1 Å². The highest BCUT2D eigenvalue weighted by molar-refractivity contribution is 7.88. The second kappa shape index (κ2) is 8.56. The molecule has 0 spiro atoms. The van der Waals surface area contributed by atoms with Crippen LogP contribution in [0.3, 0.4) is 0 Å². The summed E-state index contributed by atoms with van der Waals surface area (Å²) in [5, 5.41) is 2.91. The van der Waals surface area contributed by atoms with Crippen LogP contribution in [-0.2, 0) is 21.5 Å². The first kappa shape index (κ1) is 21.0. The Morgan fingerprint density at radius 3 is 2.56 bits per heavy atom. The molecule has 1 aliphatic rings. The van der Waals surface area contributed by atoms with Gasteiger partial charge in [-0.05, 0) is 32.3 Å². The van der Waals surface area contributed by atoms with Crippen molar-refractivity contribution in [2.75, 3.05) is 7.11 Å². The summed E-state index contributed by atoms with van der Waals surface area (Å²) in [5.41, 5.74) is 1.11. The molecule has 8 heteroatoms. The van der Waals surface area contributed by atoms with Crippen LogP contribution < -0.4 is 10.1 Å². The fraction of sp³-hybridized carbons (Fsp3) is 0.474. The maximum absolute atomic E-state index is 12.6. The van der Waals surface area contributed by atoms with Crippen LogP contribution in [-0.4, -0.2) is 37.5 Å². The Labute approximate surface area is 161 Å². The van der Waals surface area contributed by atoms with Crippen LogP contribution in [0.5, 0.6) is 5.75 Å². The Kier molecular flexibility index (Phi) is 6.64. The van der Waals surface area contributed by atoms with Gasteiger partial charge in [-0.15, -0.1) is 4.40 Å². The Morgan fingerprint density at radius 1 is 1.26 bits per heavy atom. The molecule has 0 fully saturated rings. The van der Waals surface area contributed by atoms with Crippen molar-refractivity contribution in [2.24, 2.45) is 10.3 Å². The van der Waals surface area contributed by atoms with Gasteiger partial charge in [0.1, 0.15) is 5.75 Å². The molecule has 1 aliphatic heterocycles. The first-order valence-corrected chi connectivity index (χ1v) is 10.3. The molecule has 1 N–H and O–H groups in total. The third-order valence-electron chi connectivity index (χ3n) is 4.18. The molecule has 1 unspecified atom stereocenters. The number of hydrogen-bond acceptors (Lipinski definition) is 4. The monoisotopic (exact) mass is 393 g/mol. The smallest absolute Gasteiger partial charge is 0.344 e. The average Bonchev–Trinajstić information content (AvgIpc) is 2.56. The summed E-state index contributed by atoms with van der Waals surface area (Å²) in [7, 11) is -2.38. The number of nitrogens with one attached hydrogen (secondary N) is 1. The van der Waals surface area contributed by atoms with Gasteiger partial charge in [-0.25, -0.2) is 0 Å². The van der Waals surface area contributed by atoms with E-state index in [0.29, 0.717) is 17.2 Å². The van der Waals surface area contributed by atoms with E-state index < -0.39 is 10.2 Å². The number of benzene rings is 1. The minimum absolute atomic E-state index is 0.0209. The normalized spacial score (nSPS) is 17.2. The zero-order chi connectivity index (χ0) is 20.2. The van der Waals surface area contributed by atoms with Crippen molar-refractivity contribution in [2.45, 2.75) is 46.7 Å². The van der Waals surface area contributed by atoms with E-state index in [1.54, 1.807) is 24.3 Å². The van der Waals surface area contributed by atoms with E-state index in [2.05, 4.69) is 23.6 Å². The lowest BCUT2D eigenvalue weighted by molar-refractivity contribution is -0.117. The van der Waals surface area contributed by atoms with Crippen LogP contribution >= 0.6 is 0 Å². The summed E-state index contributed by atoms with van der Waals surface area (Å²) >= 11 is 0. The molecule has 0 radical (unpaired) electrons. The molecule has 1 atom stereocenters. The molecule has 1 aromatic rings. The second-order valence-electron chi connectivity index (χ2n) is 7.06. The van der Waals surface area contributed by atoms with E-state index >= 15 is 0 Å². The highest BCUT2D eigenvalue weighted by atomic mass is 32.2. The molecule has 0 aliphatic carbocycles. The lowest BCUT2D eigenvalue weighted by atomic mass is 10.0. The van der Waals surface area contributed by atoms with Gasteiger partial charge in [-0.2, -0.15) is 8.42 Å². The van der Waals surface area contributed by atoms with Crippen molar-refractivity contribution < 1.29 is 17.9 Å². The summed E-state index contributed by atoms with van der Waals surface area (Å²) in [6.07, 6.45) is 2.18. The number of ether oxygens (including phenoxy) is 1. The highest BCUT2D eigenvalue weighted by Crippen LogP contribution is 2.24. The standard InChI is InChI=1S/C19H27N3O4S/c1-13(2)10-14(3)20-19(23)17-12-22(27(24,25)21-15(17)4)11-16-8-6-7-9-18(16)26-5/h6-9,12-14H,10-11H2,1-5H3,(H,20,23). The summed E-state index contributed by atoms with van der Waals surface area (Å²) in [6.45, 7) is 7.64. The number of nitrogens with zero attached hydrogens (tertiary/aromatic N) is 2. The predicted octanol–water partition coefficient (Wildman–Crippen LogP) is 2.65. The number of carbonyl (C=O) groups is 1. The zero-order valence-electron chi connectivity index (χ0n) is 16.4. The van der Waals surface area contributed by atoms with Crippen molar-refractivity contribution in [3.63, 3.8) is 0 Å². The van der Waals surface area contributed by atoms with Crippen LogP contribution in [0.2, 0.25) is 0 Å². The van der Waals surface area contributed by atoms with Crippen molar-refractivity contribution in [3.05, 3.63) is 41.6 Å². The predicted molar refractivity (Wildman–Crippen MR) is 106 cm³/mol. The van der Waals surface area contributed by atoms with Crippen LogP contribution in [0, 0.1) is 5.92 Å². The summed E-state index contributed by atoms with van der Waals surface area (Å²) in [4.78, 5) is 12.6. The number of methoxy groups -OCH3 is 1. The molecule has 1 heterocycles. The van der Waals surface area contributed by atoms with E-state index in [1.807, 2.05) is 6.92 Å². The molecule has 1 aromatic carbocycles. The van der Waals surface area contributed by atoms with Gasteiger partial charge < -0.3 is 10.1 Å². The first-order valence-electron chi connectivity index (χ1n) is 8.87. The van der Waals surface area contributed by atoms with Crippen LogP contribution in [0.4, 0.5) is 0 Å². The van der Waals surface area contributed by atoms with Gasteiger partial charge in [0, 0.05) is 17.8 Å². The van der Waals surface area contributed by atoms with E-state index in [4.69, 9.17) is 4.74 Å². The van der Waals surface area contributed by atoms with Gasteiger partial charge in [-0.1, -0.05) is 32.0 Å². The minimum Gasteiger partial charge on any atom is -0.496 e. The number of carbonyl (C=O) groups excluding carboxylic acids is 1. The number of amides is 1. The molecule has 7 nitrogen and oxygen atoms in total. The number of para-hydroxylation sites is 1. The third-order valence-corrected chi connectivity index (χ3v) is 5.51. The van der Waals surface area contributed by atoms with Gasteiger partial charge in [0.15, 0.2) is 0 Å². The van der Waals surface area contributed by atoms with Gasteiger partial charge in [0.05, 0.1) is 24.9 Å². The number of rotatable bonds is 7. The zero-order valence-corrected chi connectivity index (χ0v) is 17.2. The fourth-order valence-electron chi connectivity index (χ4n) is 3.00. The summed E-state index contributed by atoms with van der Waals surface area (Å²) in [5.74, 6) is 0.686. The van der Waals surface area contributed by atoms with Crippen molar-refractivity contribution in [1.29, 1.82) is 0 Å². The largest absolute Gasteiger partial charge is 0.496 e. The minimum atomic E-state index is -3.90. The first-order chi connectivity index (χ1) is 12.6.